The fourth-order valence-corrected chi connectivity index (χ4v) is 2.54. The number of carbonyl (C=O) groups excluding carboxylic acids is 2. The van der Waals surface area contributed by atoms with E-state index in [1.54, 1.807) is 41.5 Å². The van der Waals surface area contributed by atoms with Gasteiger partial charge in [0.05, 0.1) is 49.0 Å². The zero-order valence-electron chi connectivity index (χ0n) is 20.4. The van der Waals surface area contributed by atoms with Crippen molar-refractivity contribution in [2.45, 2.75) is 52.7 Å². The predicted octanol–water partition coefficient (Wildman–Crippen LogP) is 4.83. The Balaban J connectivity index is 2.36. The zero-order chi connectivity index (χ0) is 25.9. The molecule has 0 heterocycles. The molecule has 0 atom stereocenters. The lowest BCUT2D eigenvalue weighted by atomic mass is 10.2. The fourth-order valence-electron chi connectivity index (χ4n) is 2.32. The van der Waals surface area contributed by atoms with Crippen molar-refractivity contribution in [3.8, 4) is 5.75 Å². The Hall–Kier alpha value is -2.63. The average molecular weight is 505 g/mol. The molecule has 34 heavy (non-hydrogen) atoms. The van der Waals surface area contributed by atoms with Gasteiger partial charge in [-0.1, -0.05) is 11.6 Å². The number of hydrogen-bond acceptors (Lipinski definition) is 9. The van der Waals surface area contributed by atoms with Gasteiger partial charge in [-0.25, -0.2) is 14.5 Å². The van der Waals surface area contributed by atoms with E-state index < -0.39 is 28.3 Å². The van der Waals surface area contributed by atoms with E-state index in [4.69, 9.17) is 35.3 Å². The average Bonchev–Trinajstić information content (AvgIpc) is 2.66. The maximum absolute atomic E-state index is 12.4. The second-order valence-corrected chi connectivity index (χ2v) is 9.52. The maximum atomic E-state index is 12.4. The Morgan fingerprint density at radius 1 is 0.882 bits per heavy atom. The van der Waals surface area contributed by atoms with Crippen LogP contribution in [0.3, 0.4) is 0 Å². The molecule has 0 bridgehead atoms. The molecule has 1 rings (SSSR count). The summed E-state index contributed by atoms with van der Waals surface area (Å²) in [6.45, 7) is 11.0. The van der Waals surface area contributed by atoms with Crippen LogP contribution in [0.4, 0.5) is 15.3 Å². The van der Waals surface area contributed by atoms with Gasteiger partial charge < -0.3 is 23.7 Å². The third kappa shape index (κ3) is 12.6. The van der Waals surface area contributed by atoms with Gasteiger partial charge in [0.2, 0.25) is 0 Å². The van der Waals surface area contributed by atoms with Crippen molar-refractivity contribution in [1.29, 1.82) is 0 Å². The summed E-state index contributed by atoms with van der Waals surface area (Å²) in [4.78, 5) is 35.9. The van der Waals surface area contributed by atoms with Crippen molar-refractivity contribution in [3.63, 3.8) is 0 Å². The fraction of sp³-hybridized carbons (Fsp3) is 0.636. The summed E-state index contributed by atoms with van der Waals surface area (Å²) >= 11 is 5.84. The molecule has 0 unspecified atom stereocenters. The first-order valence-electron chi connectivity index (χ1n) is 10.6. The number of imide groups is 1. The lowest BCUT2D eigenvalue weighted by Gasteiger charge is -2.28. The first-order chi connectivity index (χ1) is 15.7. The van der Waals surface area contributed by atoms with E-state index in [0.29, 0.717) is 0 Å². The number of carbonyl (C=O) groups is 2. The standard InChI is InChI=1S/C22H33ClN2O9/c1-21(2,3)33-19(26)24(20(27)34-22(4,5)6)7-8-30-9-10-31-11-12-32-18-14-16(23)13-17(15-18)25(28)29/h13-15H,7-12H2,1-6H3. The number of nitro benzene ring substituents is 1. The molecule has 0 aliphatic heterocycles. The molecular weight excluding hydrogens is 472 g/mol. The minimum atomic E-state index is -0.819. The van der Waals surface area contributed by atoms with E-state index >= 15 is 0 Å². The van der Waals surface area contributed by atoms with Crippen molar-refractivity contribution in [1.82, 2.24) is 4.90 Å². The quantitative estimate of drug-likeness (QED) is 0.236. The van der Waals surface area contributed by atoms with Crippen molar-refractivity contribution in [2.24, 2.45) is 0 Å². The molecule has 0 N–H and O–H groups in total. The van der Waals surface area contributed by atoms with Gasteiger partial charge >= 0.3 is 12.2 Å². The molecule has 0 aliphatic rings. The molecule has 1 aromatic rings. The van der Waals surface area contributed by atoms with Crippen LogP contribution in [0.15, 0.2) is 18.2 Å². The molecule has 1 aromatic carbocycles. The summed E-state index contributed by atoms with van der Waals surface area (Å²) < 4.78 is 26.8. The van der Waals surface area contributed by atoms with E-state index in [2.05, 4.69) is 0 Å². The van der Waals surface area contributed by atoms with Crippen molar-refractivity contribution >= 4 is 29.5 Å². The third-order valence-corrected chi connectivity index (χ3v) is 3.84. The van der Waals surface area contributed by atoms with Crippen molar-refractivity contribution < 1.29 is 38.2 Å². The first-order valence-corrected chi connectivity index (χ1v) is 11.0. The normalized spacial score (nSPS) is 11.6. The number of nitrogens with zero attached hydrogens (tertiary/aromatic N) is 2. The first kappa shape index (κ1) is 29.4. The number of rotatable bonds is 11. The van der Waals surface area contributed by atoms with Crippen LogP contribution in [-0.4, -0.2) is 72.8 Å². The van der Waals surface area contributed by atoms with Gasteiger partial charge in [-0.05, 0) is 47.6 Å². The molecule has 0 aromatic heterocycles. The molecular formula is C22H33ClN2O9. The number of ether oxygens (including phenoxy) is 5. The Labute approximate surface area is 204 Å². The smallest absolute Gasteiger partial charge is 0.419 e. The number of non-ortho nitro benzene ring substituents is 1. The number of benzene rings is 1. The highest BCUT2D eigenvalue weighted by atomic mass is 35.5. The predicted molar refractivity (Wildman–Crippen MR) is 124 cm³/mol. The summed E-state index contributed by atoms with van der Waals surface area (Å²) in [6, 6.07) is 3.98. The van der Waals surface area contributed by atoms with Gasteiger partial charge in [-0.15, -0.1) is 0 Å². The van der Waals surface area contributed by atoms with Crippen molar-refractivity contribution in [2.75, 3.05) is 39.6 Å². The van der Waals surface area contributed by atoms with Crippen LogP contribution in [0.2, 0.25) is 5.02 Å². The maximum Gasteiger partial charge on any atom is 0.419 e. The number of nitro groups is 1. The largest absolute Gasteiger partial charge is 0.491 e. The lowest BCUT2D eigenvalue weighted by molar-refractivity contribution is -0.384. The molecule has 12 heteroatoms. The van der Waals surface area contributed by atoms with Crippen LogP contribution in [0.5, 0.6) is 5.75 Å². The topological polar surface area (TPSA) is 127 Å². The summed E-state index contributed by atoms with van der Waals surface area (Å²) in [5.74, 6) is 0.267. The Morgan fingerprint density at radius 2 is 1.38 bits per heavy atom. The molecule has 0 saturated carbocycles. The van der Waals surface area contributed by atoms with Gasteiger partial charge in [0, 0.05) is 6.07 Å². The summed E-state index contributed by atoms with van der Waals surface area (Å²) in [5, 5.41) is 11.0. The van der Waals surface area contributed by atoms with Gasteiger partial charge in [0.25, 0.3) is 5.69 Å². The highest BCUT2D eigenvalue weighted by Gasteiger charge is 2.30. The van der Waals surface area contributed by atoms with E-state index in [9.17, 15) is 19.7 Å². The highest BCUT2D eigenvalue weighted by Crippen LogP contribution is 2.25. The Morgan fingerprint density at radius 3 is 1.88 bits per heavy atom. The lowest BCUT2D eigenvalue weighted by Crippen LogP contribution is -2.45. The summed E-state index contributed by atoms with van der Waals surface area (Å²) in [7, 11) is 0. The highest BCUT2D eigenvalue weighted by molar-refractivity contribution is 6.30. The summed E-state index contributed by atoms with van der Waals surface area (Å²) in [5.41, 5.74) is -1.71. The van der Waals surface area contributed by atoms with Crippen molar-refractivity contribution in [3.05, 3.63) is 33.3 Å². The van der Waals surface area contributed by atoms with Gasteiger partial charge in [-0.3, -0.25) is 10.1 Å². The van der Waals surface area contributed by atoms with Crippen LogP contribution < -0.4 is 4.74 Å². The molecule has 11 nitrogen and oxygen atoms in total. The number of halogens is 1. The molecule has 0 aliphatic carbocycles. The molecule has 192 valence electrons. The van der Waals surface area contributed by atoms with E-state index in [0.717, 1.165) is 4.90 Å². The second kappa shape index (κ2) is 13.3. The van der Waals surface area contributed by atoms with Gasteiger partial charge in [0.15, 0.2) is 0 Å². The van der Waals surface area contributed by atoms with E-state index in [-0.39, 0.29) is 56.0 Å². The SMILES string of the molecule is CC(C)(C)OC(=O)N(CCOCCOCCOc1cc(Cl)cc([N+](=O)[O-])c1)C(=O)OC(C)(C)C. The number of amides is 2. The molecule has 2 amide bonds. The van der Waals surface area contributed by atoms with Crippen LogP contribution >= 0.6 is 11.6 Å². The van der Waals surface area contributed by atoms with Crippen LogP contribution in [-0.2, 0) is 18.9 Å². The molecule has 0 fully saturated rings. The minimum Gasteiger partial charge on any atom is -0.491 e. The number of hydrogen-bond donors (Lipinski definition) is 0. The Bertz CT molecular complexity index is 807. The van der Waals surface area contributed by atoms with E-state index in [1.807, 2.05) is 0 Å². The van der Waals surface area contributed by atoms with Gasteiger partial charge in [-0.2, -0.15) is 0 Å². The van der Waals surface area contributed by atoms with Crippen LogP contribution in [0.25, 0.3) is 0 Å². The summed E-state index contributed by atoms with van der Waals surface area (Å²) in [6.07, 6.45) is -1.64. The minimum absolute atomic E-state index is 0.0551. The molecule has 0 saturated heterocycles. The van der Waals surface area contributed by atoms with E-state index in [1.165, 1.54) is 18.2 Å². The van der Waals surface area contributed by atoms with Crippen LogP contribution in [0, 0.1) is 10.1 Å². The monoisotopic (exact) mass is 504 g/mol. The second-order valence-electron chi connectivity index (χ2n) is 9.09. The molecule has 0 spiro atoms. The third-order valence-electron chi connectivity index (χ3n) is 3.62. The molecule has 0 radical (unpaired) electrons. The zero-order valence-corrected chi connectivity index (χ0v) is 21.2. The van der Waals surface area contributed by atoms with Crippen LogP contribution in [0.1, 0.15) is 41.5 Å². The van der Waals surface area contributed by atoms with Gasteiger partial charge in [0.1, 0.15) is 23.6 Å². The Kier molecular flexibility index (Phi) is 11.5.